The minimum atomic E-state index is -0.833. The maximum absolute atomic E-state index is 13.3. The summed E-state index contributed by atoms with van der Waals surface area (Å²) in [7, 11) is 0. The van der Waals surface area contributed by atoms with E-state index in [0.717, 1.165) is 53.1 Å². The number of hydrogen-bond acceptors (Lipinski definition) is 8. The van der Waals surface area contributed by atoms with Crippen molar-refractivity contribution in [3.05, 3.63) is 58.7 Å². The number of fused-ring (bicyclic) bond motifs is 2. The first kappa shape index (κ1) is 36.1. The van der Waals surface area contributed by atoms with Gasteiger partial charge in [-0.15, -0.1) is 0 Å². The Kier molecular flexibility index (Phi) is 14.0. The van der Waals surface area contributed by atoms with Crippen molar-refractivity contribution in [2.45, 2.75) is 65.2 Å². The van der Waals surface area contributed by atoms with Gasteiger partial charge in [-0.05, 0) is 88.3 Å². The van der Waals surface area contributed by atoms with Crippen LogP contribution in [0, 0.1) is 0 Å². The third-order valence-electron chi connectivity index (χ3n) is 7.79. The molecule has 2 fully saturated rings. The van der Waals surface area contributed by atoms with Gasteiger partial charge in [-0.1, -0.05) is 12.8 Å². The Morgan fingerprint density at radius 2 is 0.913 bits per heavy atom. The molecular weight excluding hydrogens is 592 g/mol. The molecule has 0 radical (unpaired) electrons. The number of carbonyl (C=O) groups is 6. The number of hydrogen-bond donors (Lipinski definition) is 4. The molecule has 5 rings (SSSR count). The van der Waals surface area contributed by atoms with E-state index in [-0.39, 0.29) is 34.5 Å². The van der Waals surface area contributed by atoms with Crippen molar-refractivity contribution in [3.8, 4) is 0 Å². The smallest absolute Gasteiger partial charge is 0.300 e. The summed E-state index contributed by atoms with van der Waals surface area (Å²) in [6.45, 7) is 7.74. The molecule has 2 amide bonds. The van der Waals surface area contributed by atoms with Crippen molar-refractivity contribution >= 4 is 46.7 Å². The highest BCUT2D eigenvalue weighted by Crippen LogP contribution is 2.31. The summed E-state index contributed by atoms with van der Waals surface area (Å²) in [6.07, 6.45) is 7.99. The zero-order valence-corrected chi connectivity index (χ0v) is 26.6. The molecule has 3 aliphatic rings. The lowest BCUT2D eigenvalue weighted by Gasteiger charge is -2.26. The van der Waals surface area contributed by atoms with E-state index in [9.17, 15) is 19.2 Å². The minimum Gasteiger partial charge on any atom is -0.481 e. The number of anilines is 2. The summed E-state index contributed by atoms with van der Waals surface area (Å²) in [5.74, 6) is -2.40. The molecule has 2 aromatic carbocycles. The van der Waals surface area contributed by atoms with Crippen LogP contribution in [0.5, 0.6) is 0 Å². The number of rotatable bonds is 8. The van der Waals surface area contributed by atoms with Crippen LogP contribution in [0.1, 0.15) is 97.1 Å². The highest BCUT2D eigenvalue weighted by Gasteiger charge is 2.30. The zero-order valence-electron chi connectivity index (χ0n) is 26.6. The van der Waals surface area contributed by atoms with Gasteiger partial charge in [0.1, 0.15) is 0 Å². The fraction of sp³-hybridized carbons (Fsp3) is 0.471. The third kappa shape index (κ3) is 11.5. The van der Waals surface area contributed by atoms with Gasteiger partial charge in [-0.25, -0.2) is 0 Å². The van der Waals surface area contributed by atoms with Crippen molar-refractivity contribution in [2.24, 2.45) is 0 Å². The Morgan fingerprint density at radius 1 is 0.587 bits per heavy atom. The minimum absolute atomic E-state index is 0.105. The predicted octanol–water partition coefficient (Wildman–Crippen LogP) is 4.27. The summed E-state index contributed by atoms with van der Waals surface area (Å²) in [5.41, 5.74) is 2.21. The average molecular weight is 637 g/mol. The molecule has 2 aliphatic heterocycles. The first-order valence-electron chi connectivity index (χ1n) is 15.8. The monoisotopic (exact) mass is 636 g/mol. The van der Waals surface area contributed by atoms with Crippen LogP contribution in [0.3, 0.4) is 0 Å². The number of nitrogens with one attached hydrogen (secondary N) is 2. The van der Waals surface area contributed by atoms with Crippen molar-refractivity contribution in [1.29, 1.82) is 0 Å². The Labute approximate surface area is 269 Å². The second kappa shape index (κ2) is 17.9. The Bertz CT molecular complexity index is 1310. The van der Waals surface area contributed by atoms with Gasteiger partial charge in [0.2, 0.25) is 11.8 Å². The molecular formula is C34H44N4O8. The largest absolute Gasteiger partial charge is 0.481 e. The molecule has 248 valence electrons. The number of carboxylic acids is 2. The lowest BCUT2D eigenvalue weighted by molar-refractivity contribution is -0.135. The summed E-state index contributed by atoms with van der Waals surface area (Å²) >= 11 is 0. The van der Waals surface area contributed by atoms with E-state index in [0.29, 0.717) is 35.3 Å². The number of carbonyl (C=O) groups excluding carboxylic acids is 4. The second-order valence-corrected chi connectivity index (χ2v) is 11.6. The van der Waals surface area contributed by atoms with Crippen LogP contribution >= 0.6 is 0 Å². The molecule has 12 nitrogen and oxygen atoms in total. The van der Waals surface area contributed by atoms with Crippen molar-refractivity contribution < 1.29 is 39.0 Å². The number of carboxylic acid groups (broad SMARTS) is 2. The fourth-order valence-corrected chi connectivity index (χ4v) is 5.64. The summed E-state index contributed by atoms with van der Waals surface area (Å²) < 4.78 is 0. The molecule has 46 heavy (non-hydrogen) atoms. The molecule has 0 unspecified atom stereocenters. The van der Waals surface area contributed by atoms with Crippen LogP contribution < -0.4 is 10.6 Å². The number of nitrogens with zero attached hydrogens (tertiary/aromatic N) is 2. The summed E-state index contributed by atoms with van der Waals surface area (Å²) in [6, 6.07) is 9.71. The molecule has 0 spiro atoms. The highest BCUT2D eigenvalue weighted by molar-refractivity contribution is 6.29. The van der Waals surface area contributed by atoms with E-state index in [2.05, 4.69) is 20.4 Å². The molecule has 1 aliphatic carbocycles. The molecule has 2 aromatic rings. The maximum atomic E-state index is 13.3. The van der Waals surface area contributed by atoms with Crippen LogP contribution in [-0.2, 0) is 19.2 Å². The maximum Gasteiger partial charge on any atom is 0.300 e. The summed E-state index contributed by atoms with van der Waals surface area (Å²) in [5, 5.41) is 20.6. The van der Waals surface area contributed by atoms with Crippen molar-refractivity contribution in [3.63, 3.8) is 0 Å². The van der Waals surface area contributed by atoms with E-state index in [4.69, 9.17) is 19.8 Å². The Hall–Kier alpha value is -4.42. The number of benzene rings is 2. The topological polar surface area (TPSA) is 173 Å². The van der Waals surface area contributed by atoms with Gasteiger partial charge in [-0.2, -0.15) is 0 Å². The van der Waals surface area contributed by atoms with Gasteiger partial charge in [0.25, 0.3) is 11.9 Å². The fourth-order valence-electron chi connectivity index (χ4n) is 5.64. The lowest BCUT2D eigenvalue weighted by Crippen LogP contribution is -2.32. The van der Waals surface area contributed by atoms with Crippen LogP contribution in [0.25, 0.3) is 0 Å². The zero-order chi connectivity index (χ0) is 33.6. The number of ketones is 2. The first-order valence-corrected chi connectivity index (χ1v) is 15.8. The molecule has 4 N–H and O–H groups in total. The van der Waals surface area contributed by atoms with E-state index >= 15 is 0 Å². The standard InChI is InChI=1S/C30H36N4O4.2C2H4O2/c35-27(11-17-33-13-3-1-4-14-33)31-21-7-9-23-25(19-21)29(37)24-10-8-22(20-26(24)30(23)38)32-28(36)12-18-34-15-5-2-6-16-34;2*1-2(3)4/h7-10,19-20H,1-6,11-18H2,(H,31,35)(H,32,36);2*1H3,(H,3,4). The van der Waals surface area contributed by atoms with Gasteiger partial charge < -0.3 is 30.6 Å². The van der Waals surface area contributed by atoms with Crippen LogP contribution in [-0.4, -0.2) is 94.6 Å². The molecule has 0 bridgehead atoms. The van der Waals surface area contributed by atoms with Crippen molar-refractivity contribution in [1.82, 2.24) is 9.80 Å². The van der Waals surface area contributed by atoms with E-state index < -0.39 is 11.9 Å². The molecule has 12 heteroatoms. The number of piperidine rings is 2. The number of amides is 2. The van der Waals surface area contributed by atoms with Gasteiger partial charge in [0.15, 0.2) is 11.6 Å². The molecule has 2 heterocycles. The lowest BCUT2D eigenvalue weighted by atomic mass is 9.83. The van der Waals surface area contributed by atoms with Gasteiger partial charge >= 0.3 is 0 Å². The van der Waals surface area contributed by atoms with E-state index in [1.807, 2.05) is 0 Å². The molecule has 0 aromatic heterocycles. The normalized spacial score (nSPS) is 16.0. The number of aliphatic carboxylic acids is 2. The third-order valence-corrected chi connectivity index (χ3v) is 7.79. The number of likely N-dealkylation sites (tertiary alicyclic amines) is 2. The van der Waals surface area contributed by atoms with Crippen LogP contribution in [0.15, 0.2) is 36.4 Å². The second-order valence-electron chi connectivity index (χ2n) is 11.6. The van der Waals surface area contributed by atoms with Crippen LogP contribution in [0.2, 0.25) is 0 Å². The van der Waals surface area contributed by atoms with Gasteiger partial charge in [-0.3, -0.25) is 28.8 Å². The van der Waals surface area contributed by atoms with E-state index in [1.54, 1.807) is 36.4 Å². The highest BCUT2D eigenvalue weighted by atomic mass is 16.4. The first-order chi connectivity index (χ1) is 21.9. The van der Waals surface area contributed by atoms with Crippen LogP contribution in [0.4, 0.5) is 11.4 Å². The SMILES string of the molecule is CC(=O)O.CC(=O)O.O=C(CCN1CCCCC1)Nc1ccc2c(c1)C(=O)c1ccc(NC(=O)CCN3CCCCC3)cc1C2=O. The Balaban J connectivity index is 0.000000647. The Morgan fingerprint density at radius 3 is 1.24 bits per heavy atom. The average Bonchev–Trinajstić information content (AvgIpc) is 3.02. The predicted molar refractivity (Wildman–Crippen MR) is 173 cm³/mol. The molecule has 2 saturated heterocycles. The quantitative estimate of drug-likeness (QED) is 0.280. The van der Waals surface area contributed by atoms with Gasteiger partial charge in [0.05, 0.1) is 0 Å². The summed E-state index contributed by atoms with van der Waals surface area (Å²) in [4.78, 5) is 74.2. The van der Waals surface area contributed by atoms with Crippen molar-refractivity contribution in [2.75, 3.05) is 49.9 Å². The van der Waals surface area contributed by atoms with E-state index in [1.165, 1.54) is 38.5 Å². The molecule has 0 atom stereocenters. The van der Waals surface area contributed by atoms with Gasteiger partial charge in [0, 0.05) is 73.4 Å². The molecule has 0 saturated carbocycles.